The van der Waals surface area contributed by atoms with Gasteiger partial charge in [0.05, 0.1) is 0 Å². The molecule has 0 atom stereocenters. The molecule has 10 heteroatoms. The van der Waals surface area contributed by atoms with Gasteiger partial charge >= 0.3 is 6.18 Å². The van der Waals surface area contributed by atoms with Crippen LogP contribution >= 0.6 is 12.4 Å². The highest BCUT2D eigenvalue weighted by molar-refractivity contribution is 7.89. The largest absolute Gasteiger partial charge is 0.433 e. The van der Waals surface area contributed by atoms with E-state index >= 15 is 0 Å². The summed E-state index contributed by atoms with van der Waals surface area (Å²) < 4.78 is 62.7. The summed E-state index contributed by atoms with van der Waals surface area (Å²) in [6.45, 7) is 3.35. The Balaban J connectivity index is 0.00000400. The molecule has 1 aromatic heterocycles. The van der Waals surface area contributed by atoms with Crippen molar-refractivity contribution in [3.05, 3.63) is 24.0 Å². The monoisotopic (exact) mass is 347 g/mol. The fraction of sp³-hybridized carbons (Fsp3) is 0.545. The number of alkyl halides is 3. The minimum atomic E-state index is -4.58. The molecular formula is C11H17ClF3N3O2S. The van der Waals surface area contributed by atoms with Gasteiger partial charge in [0, 0.05) is 19.3 Å². The van der Waals surface area contributed by atoms with Crippen molar-refractivity contribution >= 4 is 22.4 Å². The number of sulfonamides is 1. The molecule has 21 heavy (non-hydrogen) atoms. The zero-order valence-corrected chi connectivity index (χ0v) is 12.9. The number of rotatable bonds is 7. The zero-order chi connectivity index (χ0) is 15.2. The van der Waals surface area contributed by atoms with Gasteiger partial charge < -0.3 is 5.32 Å². The SMILES string of the molecule is CCCNCCNS(=O)(=O)c1ccc(C(F)(F)F)nc1.Cl. The van der Waals surface area contributed by atoms with E-state index in [0.717, 1.165) is 19.0 Å². The number of hydrogen-bond acceptors (Lipinski definition) is 4. The Morgan fingerprint density at radius 2 is 1.86 bits per heavy atom. The summed E-state index contributed by atoms with van der Waals surface area (Å²) >= 11 is 0. The Morgan fingerprint density at radius 1 is 1.19 bits per heavy atom. The molecule has 0 spiro atoms. The van der Waals surface area contributed by atoms with Crippen molar-refractivity contribution in [2.75, 3.05) is 19.6 Å². The average molecular weight is 348 g/mol. The van der Waals surface area contributed by atoms with Gasteiger partial charge in [0.2, 0.25) is 10.0 Å². The third-order valence-corrected chi connectivity index (χ3v) is 3.80. The molecule has 0 aliphatic rings. The molecule has 0 fully saturated rings. The van der Waals surface area contributed by atoms with Crippen LogP contribution in [0.15, 0.2) is 23.2 Å². The summed E-state index contributed by atoms with van der Waals surface area (Å²) in [7, 11) is -3.83. The molecule has 1 aromatic rings. The Morgan fingerprint density at radius 3 is 2.33 bits per heavy atom. The molecule has 0 bridgehead atoms. The molecule has 2 N–H and O–H groups in total. The van der Waals surface area contributed by atoms with Crippen LogP contribution in [0.3, 0.4) is 0 Å². The van der Waals surface area contributed by atoms with Crippen LogP contribution < -0.4 is 10.0 Å². The lowest BCUT2D eigenvalue weighted by Crippen LogP contribution is -2.32. The minimum Gasteiger partial charge on any atom is -0.315 e. The van der Waals surface area contributed by atoms with Gasteiger partial charge in [0.25, 0.3) is 0 Å². The summed E-state index contributed by atoms with van der Waals surface area (Å²) in [6, 6.07) is 1.53. The maximum absolute atomic E-state index is 12.3. The van der Waals surface area contributed by atoms with E-state index in [4.69, 9.17) is 0 Å². The Labute approximate surface area is 127 Å². The fourth-order valence-corrected chi connectivity index (χ4v) is 2.34. The number of pyridine rings is 1. The average Bonchev–Trinajstić information content (AvgIpc) is 2.37. The summed E-state index contributed by atoms with van der Waals surface area (Å²) in [4.78, 5) is 2.82. The first kappa shape index (κ1) is 20.1. The van der Waals surface area contributed by atoms with Crippen molar-refractivity contribution in [1.29, 1.82) is 0 Å². The molecule has 0 unspecified atom stereocenters. The predicted molar refractivity (Wildman–Crippen MR) is 74.8 cm³/mol. The first-order valence-corrected chi connectivity index (χ1v) is 7.49. The smallest absolute Gasteiger partial charge is 0.315 e. The van der Waals surface area contributed by atoms with Crippen LogP contribution in [0.25, 0.3) is 0 Å². The maximum atomic E-state index is 12.3. The van der Waals surface area contributed by atoms with Gasteiger partial charge in [-0.25, -0.2) is 13.1 Å². The second kappa shape index (κ2) is 8.52. The number of aromatic nitrogens is 1. The number of nitrogens with zero attached hydrogens (tertiary/aromatic N) is 1. The Bertz CT molecular complexity index is 521. The van der Waals surface area contributed by atoms with E-state index in [2.05, 4.69) is 15.0 Å². The van der Waals surface area contributed by atoms with Crippen molar-refractivity contribution in [2.24, 2.45) is 0 Å². The van der Waals surface area contributed by atoms with Crippen LogP contribution in [0.5, 0.6) is 0 Å². The third kappa shape index (κ3) is 6.60. The molecular weight excluding hydrogens is 331 g/mol. The van der Waals surface area contributed by atoms with Gasteiger partial charge in [0.15, 0.2) is 0 Å². The zero-order valence-electron chi connectivity index (χ0n) is 11.3. The maximum Gasteiger partial charge on any atom is 0.433 e. The van der Waals surface area contributed by atoms with E-state index in [9.17, 15) is 21.6 Å². The van der Waals surface area contributed by atoms with Crippen molar-refractivity contribution < 1.29 is 21.6 Å². The summed E-state index contributed by atoms with van der Waals surface area (Å²) in [5.74, 6) is 0. The van der Waals surface area contributed by atoms with Crippen molar-refractivity contribution in [2.45, 2.75) is 24.4 Å². The second-order valence-electron chi connectivity index (χ2n) is 4.02. The lowest BCUT2D eigenvalue weighted by molar-refractivity contribution is -0.141. The van der Waals surface area contributed by atoms with Crippen molar-refractivity contribution in [3.63, 3.8) is 0 Å². The van der Waals surface area contributed by atoms with Gasteiger partial charge in [-0.05, 0) is 25.1 Å². The predicted octanol–water partition coefficient (Wildman–Crippen LogP) is 1.80. The van der Waals surface area contributed by atoms with Crippen molar-refractivity contribution in [3.8, 4) is 0 Å². The van der Waals surface area contributed by atoms with E-state index in [1.54, 1.807) is 0 Å². The van der Waals surface area contributed by atoms with Crippen LogP contribution in [0.2, 0.25) is 0 Å². The van der Waals surface area contributed by atoms with E-state index in [-0.39, 0.29) is 23.8 Å². The molecule has 1 rings (SSSR count). The van der Waals surface area contributed by atoms with Gasteiger partial charge in [-0.1, -0.05) is 6.92 Å². The fourth-order valence-electron chi connectivity index (χ4n) is 1.37. The van der Waals surface area contributed by atoms with Crippen LogP contribution in [0, 0.1) is 0 Å². The highest BCUT2D eigenvalue weighted by atomic mass is 35.5. The minimum absolute atomic E-state index is 0. The van der Waals surface area contributed by atoms with Crippen LogP contribution in [-0.4, -0.2) is 33.0 Å². The van der Waals surface area contributed by atoms with E-state index in [1.807, 2.05) is 6.92 Å². The highest BCUT2D eigenvalue weighted by Crippen LogP contribution is 2.27. The van der Waals surface area contributed by atoms with E-state index in [0.29, 0.717) is 18.8 Å². The first-order valence-electron chi connectivity index (χ1n) is 6.01. The van der Waals surface area contributed by atoms with Crippen LogP contribution in [0.4, 0.5) is 13.2 Å². The lowest BCUT2D eigenvalue weighted by atomic mass is 10.3. The normalized spacial score (nSPS) is 12.0. The molecule has 0 amide bonds. The molecule has 0 aliphatic carbocycles. The van der Waals surface area contributed by atoms with E-state index in [1.165, 1.54) is 0 Å². The molecule has 0 radical (unpaired) electrons. The van der Waals surface area contributed by atoms with Gasteiger partial charge in [-0.2, -0.15) is 13.2 Å². The standard InChI is InChI=1S/C11H16F3N3O2S.ClH/c1-2-5-15-6-7-17-20(18,19)9-3-4-10(16-8-9)11(12,13)14;/h3-4,8,15,17H,2,5-7H2,1H3;1H. The van der Waals surface area contributed by atoms with Gasteiger partial charge in [-0.15, -0.1) is 12.4 Å². The molecule has 1 heterocycles. The van der Waals surface area contributed by atoms with Crippen molar-refractivity contribution in [1.82, 2.24) is 15.0 Å². The third-order valence-electron chi connectivity index (χ3n) is 2.36. The summed E-state index contributed by atoms with van der Waals surface area (Å²) in [6.07, 6.45) is -2.96. The highest BCUT2D eigenvalue weighted by Gasteiger charge is 2.32. The molecule has 122 valence electrons. The van der Waals surface area contributed by atoms with Crippen LogP contribution in [0.1, 0.15) is 19.0 Å². The number of halogens is 4. The Kier molecular flexibility index (Phi) is 8.16. The molecule has 0 saturated heterocycles. The molecule has 5 nitrogen and oxygen atoms in total. The Hall–Kier alpha value is -0.900. The molecule has 0 saturated carbocycles. The summed E-state index contributed by atoms with van der Waals surface area (Å²) in [5, 5.41) is 3.00. The first-order chi connectivity index (χ1) is 9.27. The number of nitrogens with one attached hydrogen (secondary N) is 2. The quantitative estimate of drug-likeness (QED) is 0.738. The number of hydrogen-bond donors (Lipinski definition) is 2. The molecule has 0 aromatic carbocycles. The lowest BCUT2D eigenvalue weighted by Gasteiger charge is -2.09. The van der Waals surface area contributed by atoms with Crippen LogP contribution in [-0.2, 0) is 16.2 Å². The van der Waals surface area contributed by atoms with Gasteiger partial charge in [0.1, 0.15) is 10.6 Å². The van der Waals surface area contributed by atoms with Gasteiger partial charge in [-0.3, -0.25) is 4.98 Å². The molecule has 0 aliphatic heterocycles. The second-order valence-corrected chi connectivity index (χ2v) is 5.79. The summed E-state index contributed by atoms with van der Waals surface area (Å²) in [5.41, 5.74) is -1.12. The van der Waals surface area contributed by atoms with E-state index < -0.39 is 21.9 Å². The topological polar surface area (TPSA) is 71.1 Å².